The zero-order valence-electron chi connectivity index (χ0n) is 10.5. The molecule has 4 N–H and O–H groups in total. The fraction of sp³-hybridized carbons (Fsp3) is 0.583. The molecule has 6 nitrogen and oxygen atoms in total. The molecule has 0 aliphatic heterocycles. The number of rotatable bonds is 4. The molecule has 2 unspecified atom stereocenters. The van der Waals surface area contributed by atoms with Crippen molar-refractivity contribution < 1.29 is 14.7 Å². The molecule has 0 aromatic carbocycles. The molecule has 2 rings (SSSR count). The first kappa shape index (κ1) is 14.0. The van der Waals surface area contributed by atoms with Crippen molar-refractivity contribution in [2.24, 2.45) is 11.7 Å². The quantitative estimate of drug-likeness (QED) is 0.763. The Balaban J connectivity index is 1.93. The van der Waals surface area contributed by atoms with Gasteiger partial charge < -0.3 is 16.2 Å². The minimum Gasteiger partial charge on any atom is -0.481 e. The van der Waals surface area contributed by atoms with Gasteiger partial charge >= 0.3 is 5.97 Å². The molecular weight excluding hydrogens is 266 g/mol. The van der Waals surface area contributed by atoms with Crippen LogP contribution in [0.5, 0.6) is 0 Å². The van der Waals surface area contributed by atoms with Gasteiger partial charge in [0.2, 0.25) is 0 Å². The average molecular weight is 283 g/mol. The lowest BCUT2D eigenvalue weighted by Crippen LogP contribution is -2.40. The number of aromatic nitrogens is 1. The fourth-order valence-electron chi connectivity index (χ4n) is 2.31. The molecule has 1 saturated carbocycles. The summed E-state index contributed by atoms with van der Waals surface area (Å²) in [6.45, 7) is 0.322. The van der Waals surface area contributed by atoms with E-state index in [2.05, 4.69) is 10.3 Å². The van der Waals surface area contributed by atoms with Gasteiger partial charge in [-0.05, 0) is 19.3 Å². The molecular formula is C12H17N3O3S. The molecule has 0 spiro atoms. The molecule has 0 saturated heterocycles. The number of hydrogen-bond acceptors (Lipinski definition) is 5. The molecule has 0 bridgehead atoms. The molecule has 1 aromatic heterocycles. The minimum atomic E-state index is -0.780. The molecule has 1 aromatic rings. The van der Waals surface area contributed by atoms with Crippen LogP contribution in [0.1, 0.15) is 41.2 Å². The van der Waals surface area contributed by atoms with E-state index in [0.29, 0.717) is 25.1 Å². The maximum atomic E-state index is 12.0. The van der Waals surface area contributed by atoms with E-state index in [1.54, 1.807) is 5.38 Å². The van der Waals surface area contributed by atoms with Gasteiger partial charge in [-0.3, -0.25) is 9.59 Å². The predicted molar refractivity (Wildman–Crippen MR) is 70.9 cm³/mol. The van der Waals surface area contributed by atoms with E-state index in [1.165, 1.54) is 11.3 Å². The Hall–Kier alpha value is -1.47. The summed E-state index contributed by atoms with van der Waals surface area (Å²) in [6, 6.07) is -0.0784. The number of amides is 1. The fourth-order valence-corrected chi connectivity index (χ4v) is 2.97. The largest absolute Gasteiger partial charge is 0.481 e. The van der Waals surface area contributed by atoms with Crippen LogP contribution >= 0.6 is 11.3 Å². The molecule has 0 radical (unpaired) electrons. The number of carbonyl (C=O) groups excluding carboxylic acids is 1. The number of carboxylic acid groups (broad SMARTS) is 1. The normalized spacial score (nSPS) is 23.0. The molecule has 19 heavy (non-hydrogen) atoms. The number of thiazole rings is 1. The molecule has 7 heteroatoms. The molecule has 1 fully saturated rings. The number of carbonyl (C=O) groups is 2. The van der Waals surface area contributed by atoms with Crippen molar-refractivity contribution in [3.63, 3.8) is 0 Å². The Bertz CT molecular complexity index is 475. The van der Waals surface area contributed by atoms with Crippen molar-refractivity contribution in [2.75, 3.05) is 0 Å². The van der Waals surface area contributed by atoms with Gasteiger partial charge in [-0.25, -0.2) is 4.98 Å². The highest BCUT2D eigenvalue weighted by Gasteiger charge is 2.28. The summed E-state index contributed by atoms with van der Waals surface area (Å²) in [7, 11) is 0. The van der Waals surface area contributed by atoms with Crippen LogP contribution in [0, 0.1) is 5.92 Å². The summed E-state index contributed by atoms with van der Waals surface area (Å²) in [5, 5.41) is 14.3. The summed E-state index contributed by atoms with van der Waals surface area (Å²) in [4.78, 5) is 27.0. The third kappa shape index (κ3) is 3.51. The third-order valence-corrected chi connectivity index (χ3v) is 4.19. The molecule has 104 valence electrons. The zero-order valence-corrected chi connectivity index (χ0v) is 11.3. The van der Waals surface area contributed by atoms with Crippen LogP contribution in [0.3, 0.4) is 0 Å². The number of nitrogens with one attached hydrogen (secondary N) is 1. The first-order valence-electron chi connectivity index (χ1n) is 6.28. The maximum Gasteiger partial charge on any atom is 0.306 e. The van der Waals surface area contributed by atoms with Crippen molar-refractivity contribution in [1.82, 2.24) is 10.3 Å². The van der Waals surface area contributed by atoms with E-state index in [9.17, 15) is 9.59 Å². The van der Waals surface area contributed by atoms with Gasteiger partial charge in [0, 0.05) is 18.0 Å². The van der Waals surface area contributed by atoms with Gasteiger partial charge in [-0.1, -0.05) is 6.42 Å². The number of nitrogens with zero attached hydrogens (tertiary/aromatic N) is 1. The van der Waals surface area contributed by atoms with E-state index in [-0.39, 0.29) is 17.9 Å². The Labute approximate surface area is 115 Å². The highest BCUT2D eigenvalue weighted by atomic mass is 32.1. The zero-order chi connectivity index (χ0) is 13.8. The number of aliphatic carboxylic acids is 1. The lowest BCUT2D eigenvalue weighted by atomic mass is 9.86. The van der Waals surface area contributed by atoms with E-state index < -0.39 is 5.97 Å². The van der Waals surface area contributed by atoms with Crippen LogP contribution in [-0.4, -0.2) is 28.0 Å². The SMILES string of the molecule is NCc1nc(C(=O)NC2CCCC(C(=O)O)C2)cs1. The predicted octanol–water partition coefficient (Wildman–Crippen LogP) is 0.975. The summed E-state index contributed by atoms with van der Waals surface area (Å²) in [5.41, 5.74) is 5.81. The summed E-state index contributed by atoms with van der Waals surface area (Å²) >= 11 is 1.35. The third-order valence-electron chi connectivity index (χ3n) is 3.32. The average Bonchev–Trinajstić information content (AvgIpc) is 2.88. The highest BCUT2D eigenvalue weighted by molar-refractivity contribution is 7.09. The number of hydrogen-bond donors (Lipinski definition) is 3. The van der Waals surface area contributed by atoms with E-state index >= 15 is 0 Å². The standard InChI is InChI=1S/C12H17N3O3S/c13-5-10-15-9(6-19-10)11(16)14-8-3-1-2-7(4-8)12(17)18/h6-8H,1-5,13H2,(H,14,16)(H,17,18). The highest BCUT2D eigenvalue weighted by Crippen LogP contribution is 2.24. The second-order valence-corrected chi connectivity index (χ2v) is 5.65. The van der Waals surface area contributed by atoms with Crippen molar-refractivity contribution in [3.8, 4) is 0 Å². The van der Waals surface area contributed by atoms with E-state index in [4.69, 9.17) is 10.8 Å². The Morgan fingerprint density at radius 2 is 2.32 bits per heavy atom. The maximum absolute atomic E-state index is 12.0. The van der Waals surface area contributed by atoms with E-state index in [1.807, 2.05) is 0 Å². The van der Waals surface area contributed by atoms with Crippen LogP contribution in [0.25, 0.3) is 0 Å². The van der Waals surface area contributed by atoms with Gasteiger partial charge in [0.05, 0.1) is 5.92 Å². The summed E-state index contributed by atoms with van der Waals surface area (Å²) < 4.78 is 0. The second-order valence-electron chi connectivity index (χ2n) is 4.70. The van der Waals surface area contributed by atoms with Crippen molar-refractivity contribution in [1.29, 1.82) is 0 Å². The molecule has 2 atom stereocenters. The number of nitrogens with two attached hydrogens (primary N) is 1. The monoisotopic (exact) mass is 283 g/mol. The minimum absolute atomic E-state index is 0.0784. The molecule has 1 amide bonds. The smallest absolute Gasteiger partial charge is 0.306 e. The van der Waals surface area contributed by atoms with Crippen LogP contribution in [0.15, 0.2) is 5.38 Å². The lowest BCUT2D eigenvalue weighted by molar-refractivity contribution is -0.143. The van der Waals surface area contributed by atoms with E-state index in [0.717, 1.165) is 17.8 Å². The second kappa shape index (κ2) is 6.12. The first-order valence-corrected chi connectivity index (χ1v) is 7.16. The van der Waals surface area contributed by atoms with Crippen molar-refractivity contribution >= 4 is 23.2 Å². The van der Waals surface area contributed by atoms with Crippen LogP contribution in [-0.2, 0) is 11.3 Å². The molecule has 1 aliphatic rings. The van der Waals surface area contributed by atoms with Crippen molar-refractivity contribution in [2.45, 2.75) is 38.3 Å². The first-order chi connectivity index (χ1) is 9.10. The van der Waals surface area contributed by atoms with Gasteiger partial charge in [0.15, 0.2) is 0 Å². The van der Waals surface area contributed by atoms with Gasteiger partial charge in [-0.15, -0.1) is 11.3 Å². The van der Waals surface area contributed by atoms with Crippen LogP contribution in [0.4, 0.5) is 0 Å². The Kier molecular flexibility index (Phi) is 4.49. The van der Waals surface area contributed by atoms with Crippen LogP contribution in [0.2, 0.25) is 0 Å². The van der Waals surface area contributed by atoms with Gasteiger partial charge in [0.25, 0.3) is 5.91 Å². The van der Waals surface area contributed by atoms with Gasteiger partial charge in [0.1, 0.15) is 10.7 Å². The Morgan fingerprint density at radius 3 is 2.95 bits per heavy atom. The molecule has 1 heterocycles. The van der Waals surface area contributed by atoms with Gasteiger partial charge in [-0.2, -0.15) is 0 Å². The van der Waals surface area contributed by atoms with Crippen molar-refractivity contribution in [3.05, 3.63) is 16.1 Å². The number of carboxylic acids is 1. The molecule has 1 aliphatic carbocycles. The Morgan fingerprint density at radius 1 is 1.53 bits per heavy atom. The summed E-state index contributed by atoms with van der Waals surface area (Å²) in [6.07, 6.45) is 2.83. The summed E-state index contributed by atoms with van der Waals surface area (Å²) in [5.74, 6) is -1.38. The lowest BCUT2D eigenvalue weighted by Gasteiger charge is -2.27. The topological polar surface area (TPSA) is 105 Å². The van der Waals surface area contributed by atoms with Crippen LogP contribution < -0.4 is 11.1 Å².